The van der Waals surface area contributed by atoms with E-state index in [2.05, 4.69) is 26.2 Å². The number of tetrazole rings is 1. The number of benzene rings is 1. The van der Waals surface area contributed by atoms with Crippen molar-refractivity contribution in [1.29, 1.82) is 0 Å². The maximum Gasteiger partial charge on any atom is 0.250 e. The lowest BCUT2D eigenvalue weighted by Gasteiger charge is -2.36. The Morgan fingerprint density at radius 2 is 1.96 bits per heavy atom. The normalized spacial score (nSPS) is 18.7. The van der Waals surface area contributed by atoms with Gasteiger partial charge < -0.3 is 10.6 Å². The van der Waals surface area contributed by atoms with Gasteiger partial charge in [0.1, 0.15) is 5.54 Å². The Labute approximate surface area is 157 Å². The maximum absolute atomic E-state index is 13.0. The molecule has 8 heteroatoms. The van der Waals surface area contributed by atoms with E-state index in [1.54, 1.807) is 0 Å². The van der Waals surface area contributed by atoms with Crippen molar-refractivity contribution in [3.8, 4) is 11.4 Å². The summed E-state index contributed by atoms with van der Waals surface area (Å²) < 4.78 is 1.85. The molecule has 0 unspecified atom stereocenters. The number of anilines is 1. The van der Waals surface area contributed by atoms with Gasteiger partial charge in [-0.05, 0) is 48.2 Å². The topological polar surface area (TPSA) is 102 Å². The van der Waals surface area contributed by atoms with E-state index in [0.29, 0.717) is 30.4 Å². The lowest BCUT2D eigenvalue weighted by molar-refractivity contribution is -0.130. The molecule has 2 saturated carbocycles. The summed E-state index contributed by atoms with van der Waals surface area (Å²) in [7, 11) is 0. The van der Waals surface area contributed by atoms with E-state index in [1.165, 1.54) is 6.92 Å². The number of hydrogen-bond donors (Lipinski definition) is 2. The van der Waals surface area contributed by atoms with E-state index < -0.39 is 5.54 Å². The van der Waals surface area contributed by atoms with Gasteiger partial charge in [0.05, 0.1) is 6.04 Å². The number of nitrogens with one attached hydrogen (secondary N) is 2. The molecule has 0 bridgehead atoms. The molecular formula is C19H24N6O2. The van der Waals surface area contributed by atoms with E-state index in [4.69, 9.17) is 0 Å². The van der Waals surface area contributed by atoms with Gasteiger partial charge >= 0.3 is 0 Å². The molecule has 2 amide bonds. The van der Waals surface area contributed by atoms with Crippen LogP contribution in [-0.2, 0) is 9.59 Å². The van der Waals surface area contributed by atoms with Crippen LogP contribution < -0.4 is 10.6 Å². The zero-order valence-electron chi connectivity index (χ0n) is 15.4. The molecule has 2 aliphatic rings. The molecular weight excluding hydrogens is 344 g/mol. The lowest BCUT2D eigenvalue weighted by Crippen LogP contribution is -2.57. The molecule has 2 fully saturated rings. The Balaban J connectivity index is 1.56. The number of rotatable bonds is 5. The van der Waals surface area contributed by atoms with Crippen molar-refractivity contribution in [2.24, 2.45) is 0 Å². The summed E-state index contributed by atoms with van der Waals surface area (Å²) >= 11 is 0. The van der Waals surface area contributed by atoms with Gasteiger partial charge in [-0.25, -0.2) is 4.68 Å². The van der Waals surface area contributed by atoms with Gasteiger partial charge in [-0.15, -0.1) is 5.10 Å². The van der Waals surface area contributed by atoms with Gasteiger partial charge in [-0.1, -0.05) is 31.4 Å². The van der Waals surface area contributed by atoms with E-state index in [0.717, 1.165) is 37.7 Å². The SMILES string of the molecule is CC(=O)NC1(C(=O)Nc2cccc(-c3nnnn3C3CC3)c2)CCCCC1. The number of carbonyl (C=O) groups excluding carboxylic acids is 2. The molecule has 1 aromatic carbocycles. The lowest BCUT2D eigenvalue weighted by atomic mass is 9.80. The molecule has 1 heterocycles. The van der Waals surface area contributed by atoms with Crippen molar-refractivity contribution in [3.63, 3.8) is 0 Å². The van der Waals surface area contributed by atoms with Gasteiger partial charge in [0.2, 0.25) is 11.8 Å². The first-order valence-electron chi connectivity index (χ1n) is 9.56. The number of aromatic nitrogens is 4. The third kappa shape index (κ3) is 3.70. The van der Waals surface area contributed by atoms with Crippen molar-refractivity contribution in [2.45, 2.75) is 63.5 Å². The summed E-state index contributed by atoms with van der Waals surface area (Å²) in [6.07, 6.45) is 6.47. The monoisotopic (exact) mass is 368 g/mol. The number of amides is 2. The summed E-state index contributed by atoms with van der Waals surface area (Å²) in [5.41, 5.74) is 0.718. The smallest absolute Gasteiger partial charge is 0.250 e. The second-order valence-electron chi connectivity index (χ2n) is 7.54. The summed E-state index contributed by atoms with van der Waals surface area (Å²) in [5, 5.41) is 17.9. The Bertz CT molecular complexity index is 851. The van der Waals surface area contributed by atoms with Crippen LogP contribution in [0.2, 0.25) is 0 Å². The molecule has 2 aliphatic carbocycles. The number of nitrogens with zero attached hydrogens (tertiary/aromatic N) is 4. The first-order chi connectivity index (χ1) is 13.1. The summed E-state index contributed by atoms with van der Waals surface area (Å²) in [5.74, 6) is 0.378. The molecule has 0 aliphatic heterocycles. The minimum absolute atomic E-state index is 0.156. The summed E-state index contributed by atoms with van der Waals surface area (Å²) in [6, 6.07) is 7.91. The van der Waals surface area contributed by atoms with Crippen LogP contribution in [0.4, 0.5) is 5.69 Å². The molecule has 0 spiro atoms. The predicted molar refractivity (Wildman–Crippen MR) is 99.8 cm³/mol. The Kier molecular flexibility index (Phi) is 4.63. The average Bonchev–Trinajstić information content (AvgIpc) is 3.38. The highest BCUT2D eigenvalue weighted by Crippen LogP contribution is 2.37. The van der Waals surface area contributed by atoms with E-state index in [1.807, 2.05) is 28.9 Å². The van der Waals surface area contributed by atoms with Gasteiger partial charge in [-0.2, -0.15) is 0 Å². The quantitative estimate of drug-likeness (QED) is 0.844. The fourth-order valence-electron chi connectivity index (χ4n) is 3.84. The minimum atomic E-state index is -0.824. The van der Waals surface area contributed by atoms with Gasteiger partial charge in [0.15, 0.2) is 5.82 Å². The molecule has 0 saturated heterocycles. The molecule has 1 aromatic heterocycles. The highest BCUT2D eigenvalue weighted by molar-refractivity contribution is 6.00. The standard InChI is InChI=1S/C19H24N6O2/c1-13(26)21-19(10-3-2-4-11-19)18(27)20-15-7-5-6-14(12-15)17-22-23-24-25(17)16-8-9-16/h5-7,12,16H,2-4,8-11H2,1H3,(H,20,27)(H,21,26). The van der Waals surface area contributed by atoms with Crippen LogP contribution in [0.3, 0.4) is 0 Å². The van der Waals surface area contributed by atoms with Crippen molar-refractivity contribution < 1.29 is 9.59 Å². The van der Waals surface area contributed by atoms with E-state index >= 15 is 0 Å². The summed E-state index contributed by atoms with van der Waals surface area (Å²) in [4.78, 5) is 24.7. The van der Waals surface area contributed by atoms with Crippen LogP contribution in [0.1, 0.15) is 57.9 Å². The fraction of sp³-hybridized carbons (Fsp3) is 0.526. The molecule has 2 N–H and O–H groups in total. The van der Waals surface area contributed by atoms with Crippen molar-refractivity contribution in [2.75, 3.05) is 5.32 Å². The van der Waals surface area contributed by atoms with Crippen LogP contribution in [0, 0.1) is 0 Å². The van der Waals surface area contributed by atoms with Crippen LogP contribution >= 0.6 is 0 Å². The Morgan fingerprint density at radius 1 is 1.19 bits per heavy atom. The van der Waals surface area contributed by atoms with Crippen LogP contribution in [-0.4, -0.2) is 37.6 Å². The molecule has 0 atom stereocenters. The highest BCUT2D eigenvalue weighted by atomic mass is 16.2. The van der Waals surface area contributed by atoms with Crippen molar-refractivity contribution >= 4 is 17.5 Å². The van der Waals surface area contributed by atoms with Crippen LogP contribution in [0.15, 0.2) is 24.3 Å². The maximum atomic E-state index is 13.0. The molecule has 2 aromatic rings. The predicted octanol–water partition coefficient (Wildman–Crippen LogP) is 2.45. The first kappa shape index (κ1) is 17.6. The zero-order chi connectivity index (χ0) is 18.9. The molecule has 27 heavy (non-hydrogen) atoms. The molecule has 142 valence electrons. The van der Waals surface area contributed by atoms with E-state index in [-0.39, 0.29) is 11.8 Å². The third-order valence-electron chi connectivity index (χ3n) is 5.32. The molecule has 4 rings (SSSR count). The average molecular weight is 368 g/mol. The number of carbonyl (C=O) groups is 2. The Morgan fingerprint density at radius 3 is 2.67 bits per heavy atom. The Hall–Kier alpha value is -2.77. The minimum Gasteiger partial charge on any atom is -0.342 e. The molecule has 0 radical (unpaired) electrons. The third-order valence-corrected chi connectivity index (χ3v) is 5.32. The van der Waals surface area contributed by atoms with E-state index in [9.17, 15) is 9.59 Å². The van der Waals surface area contributed by atoms with Crippen molar-refractivity contribution in [3.05, 3.63) is 24.3 Å². The number of hydrogen-bond acceptors (Lipinski definition) is 5. The first-order valence-corrected chi connectivity index (χ1v) is 9.56. The molecule has 8 nitrogen and oxygen atoms in total. The second-order valence-corrected chi connectivity index (χ2v) is 7.54. The summed E-state index contributed by atoms with van der Waals surface area (Å²) in [6.45, 7) is 1.46. The van der Waals surface area contributed by atoms with Gasteiger partial charge in [0.25, 0.3) is 0 Å². The largest absolute Gasteiger partial charge is 0.342 e. The van der Waals surface area contributed by atoms with Crippen molar-refractivity contribution in [1.82, 2.24) is 25.5 Å². The van der Waals surface area contributed by atoms with Gasteiger partial charge in [-0.3, -0.25) is 9.59 Å². The van der Waals surface area contributed by atoms with Gasteiger partial charge in [0, 0.05) is 18.2 Å². The second kappa shape index (κ2) is 7.09. The van der Waals surface area contributed by atoms with Crippen LogP contribution in [0.5, 0.6) is 0 Å². The zero-order valence-corrected chi connectivity index (χ0v) is 15.4. The highest BCUT2D eigenvalue weighted by Gasteiger charge is 2.40. The van der Waals surface area contributed by atoms with Crippen LogP contribution in [0.25, 0.3) is 11.4 Å². The fourth-order valence-corrected chi connectivity index (χ4v) is 3.84.